The molecule has 12 heteroatoms. The molecule has 0 radical (unpaired) electrons. The van der Waals surface area contributed by atoms with Crippen LogP contribution in [0.2, 0.25) is 0 Å². The lowest BCUT2D eigenvalue weighted by atomic mass is 10.1. The first-order valence-corrected chi connectivity index (χ1v) is 13.6. The lowest BCUT2D eigenvalue weighted by Crippen LogP contribution is -2.40. The highest BCUT2D eigenvalue weighted by Gasteiger charge is 2.27. The van der Waals surface area contributed by atoms with Crippen molar-refractivity contribution in [2.45, 2.75) is 4.90 Å². The van der Waals surface area contributed by atoms with Gasteiger partial charge in [0.1, 0.15) is 17.3 Å². The van der Waals surface area contributed by atoms with Gasteiger partial charge in [-0.15, -0.1) is 0 Å². The zero-order valence-corrected chi connectivity index (χ0v) is 23.0. The molecule has 0 saturated carbocycles. The summed E-state index contributed by atoms with van der Waals surface area (Å²) < 4.78 is 58.4. The molecule has 40 heavy (non-hydrogen) atoms. The number of halogens is 1. The number of aromatic nitrogens is 2. The smallest absolute Gasteiger partial charge is 0.243 e. The van der Waals surface area contributed by atoms with Crippen LogP contribution in [0.25, 0.3) is 16.9 Å². The van der Waals surface area contributed by atoms with Gasteiger partial charge in [0.15, 0.2) is 0 Å². The van der Waals surface area contributed by atoms with Gasteiger partial charge in [-0.3, -0.25) is 14.7 Å². The Morgan fingerprint density at radius 3 is 2.10 bits per heavy atom. The Bertz CT molecular complexity index is 1540. The molecule has 10 nitrogen and oxygen atoms in total. The van der Waals surface area contributed by atoms with Crippen LogP contribution < -0.4 is 14.8 Å². The normalized spacial score (nSPS) is 11.4. The summed E-state index contributed by atoms with van der Waals surface area (Å²) in [6, 6.07) is 18.7. The number of imidazole rings is 1. The molecular weight excluding hydrogens is 539 g/mol. The number of nitrogens with one attached hydrogen (secondary N) is 1. The molecule has 4 rings (SSSR count). The lowest BCUT2D eigenvalue weighted by Gasteiger charge is -2.21. The number of amides is 1. The van der Waals surface area contributed by atoms with Gasteiger partial charge in [0.05, 0.1) is 38.0 Å². The van der Waals surface area contributed by atoms with E-state index >= 15 is 0 Å². The SMILES string of the molecule is COCCN(CC(=O)Nc1nc(-c2ccc(OC)cc2)cn1-c1ccc(F)cc1)S(=O)(=O)c1ccc(OC)cc1. The first-order chi connectivity index (χ1) is 19.2. The van der Waals surface area contributed by atoms with Crippen molar-refractivity contribution in [3.05, 3.63) is 84.8 Å². The van der Waals surface area contributed by atoms with Gasteiger partial charge in [0.25, 0.3) is 0 Å². The molecule has 4 aromatic rings. The third-order valence-electron chi connectivity index (χ3n) is 6.01. The van der Waals surface area contributed by atoms with E-state index in [0.717, 1.165) is 9.87 Å². The topological polar surface area (TPSA) is 112 Å². The maximum atomic E-state index is 13.6. The molecule has 1 amide bonds. The van der Waals surface area contributed by atoms with Gasteiger partial charge < -0.3 is 14.2 Å². The summed E-state index contributed by atoms with van der Waals surface area (Å²) in [5.74, 6) is 0.270. The Morgan fingerprint density at radius 2 is 1.52 bits per heavy atom. The summed E-state index contributed by atoms with van der Waals surface area (Å²) in [4.78, 5) is 17.8. The van der Waals surface area contributed by atoms with Crippen LogP contribution in [-0.4, -0.2) is 69.2 Å². The second-order valence-corrected chi connectivity index (χ2v) is 10.5. The van der Waals surface area contributed by atoms with Crippen LogP contribution in [0.4, 0.5) is 10.3 Å². The Hall–Kier alpha value is -4.26. The van der Waals surface area contributed by atoms with E-state index in [1.165, 1.54) is 50.6 Å². The molecule has 1 aromatic heterocycles. The molecule has 210 valence electrons. The lowest BCUT2D eigenvalue weighted by molar-refractivity contribution is -0.116. The summed E-state index contributed by atoms with van der Waals surface area (Å²) in [6.07, 6.45) is 1.70. The summed E-state index contributed by atoms with van der Waals surface area (Å²) in [6.45, 7) is -0.470. The number of ether oxygens (including phenoxy) is 3. The summed E-state index contributed by atoms with van der Waals surface area (Å²) in [7, 11) is 0.449. The van der Waals surface area contributed by atoms with Crippen molar-refractivity contribution >= 4 is 21.9 Å². The molecule has 0 spiro atoms. The fourth-order valence-corrected chi connectivity index (χ4v) is 5.25. The third-order valence-corrected chi connectivity index (χ3v) is 7.87. The predicted molar refractivity (Wildman–Crippen MR) is 148 cm³/mol. The molecule has 1 heterocycles. The van der Waals surface area contributed by atoms with Crippen molar-refractivity contribution in [3.8, 4) is 28.4 Å². The molecule has 0 aliphatic carbocycles. The average molecular weight is 569 g/mol. The van der Waals surface area contributed by atoms with Crippen molar-refractivity contribution < 1.29 is 31.8 Å². The van der Waals surface area contributed by atoms with E-state index in [9.17, 15) is 17.6 Å². The van der Waals surface area contributed by atoms with Crippen LogP contribution in [0.1, 0.15) is 0 Å². The number of carbonyl (C=O) groups excluding carboxylic acids is 1. The van der Waals surface area contributed by atoms with E-state index in [4.69, 9.17) is 14.2 Å². The number of anilines is 1. The van der Waals surface area contributed by atoms with E-state index in [2.05, 4.69) is 10.3 Å². The minimum Gasteiger partial charge on any atom is -0.497 e. The highest BCUT2D eigenvalue weighted by atomic mass is 32.2. The minimum absolute atomic E-state index is 0.00630. The van der Waals surface area contributed by atoms with E-state index < -0.39 is 28.3 Å². The monoisotopic (exact) mass is 568 g/mol. The van der Waals surface area contributed by atoms with Crippen LogP contribution in [0.15, 0.2) is 83.9 Å². The molecule has 0 atom stereocenters. The summed E-state index contributed by atoms with van der Waals surface area (Å²) in [5.41, 5.74) is 1.83. The number of hydrogen-bond acceptors (Lipinski definition) is 7. The van der Waals surface area contributed by atoms with E-state index in [1.54, 1.807) is 42.1 Å². The second kappa shape index (κ2) is 12.7. The molecule has 3 aromatic carbocycles. The zero-order chi connectivity index (χ0) is 28.7. The molecule has 1 N–H and O–H groups in total. The molecule has 0 unspecified atom stereocenters. The first-order valence-electron chi connectivity index (χ1n) is 12.2. The second-order valence-electron chi connectivity index (χ2n) is 8.58. The molecular formula is C28H29FN4O6S. The van der Waals surface area contributed by atoms with E-state index in [1.807, 2.05) is 12.1 Å². The maximum Gasteiger partial charge on any atom is 0.243 e. The van der Waals surface area contributed by atoms with Crippen molar-refractivity contribution in [1.29, 1.82) is 0 Å². The number of benzene rings is 3. The quantitative estimate of drug-likeness (QED) is 0.275. The predicted octanol–water partition coefficient (Wildman–Crippen LogP) is 3.97. The zero-order valence-electron chi connectivity index (χ0n) is 22.2. The Balaban J connectivity index is 1.63. The van der Waals surface area contributed by atoms with Crippen molar-refractivity contribution in [1.82, 2.24) is 13.9 Å². The first kappa shape index (κ1) is 28.7. The number of carbonyl (C=O) groups is 1. The average Bonchev–Trinajstić information content (AvgIpc) is 3.39. The summed E-state index contributed by atoms with van der Waals surface area (Å²) >= 11 is 0. The van der Waals surface area contributed by atoms with E-state index in [0.29, 0.717) is 22.9 Å². The highest BCUT2D eigenvalue weighted by Crippen LogP contribution is 2.26. The highest BCUT2D eigenvalue weighted by molar-refractivity contribution is 7.89. The largest absolute Gasteiger partial charge is 0.497 e. The molecule has 0 aliphatic heterocycles. The molecule has 0 saturated heterocycles. The maximum absolute atomic E-state index is 13.6. The number of hydrogen-bond donors (Lipinski definition) is 1. The van der Waals surface area contributed by atoms with Crippen LogP contribution in [0, 0.1) is 5.82 Å². The standard InChI is InChI=1S/C28H29FN4O6S/c1-37-17-16-32(40(35,36)25-14-12-24(39-3)13-15-25)19-27(34)31-28-30-26(20-4-10-23(38-2)11-5-20)18-33(28)22-8-6-21(29)7-9-22/h4-15,18H,16-17,19H2,1-3H3,(H,30,31,34). The van der Waals surface area contributed by atoms with Gasteiger partial charge in [-0.2, -0.15) is 4.31 Å². The van der Waals surface area contributed by atoms with Crippen LogP contribution in [0.3, 0.4) is 0 Å². The Morgan fingerprint density at radius 1 is 0.925 bits per heavy atom. The third kappa shape index (κ3) is 6.65. The Labute approximate surface area is 232 Å². The van der Waals surface area contributed by atoms with Crippen molar-refractivity contribution in [3.63, 3.8) is 0 Å². The van der Waals surface area contributed by atoms with Gasteiger partial charge >= 0.3 is 0 Å². The van der Waals surface area contributed by atoms with Gasteiger partial charge in [0.2, 0.25) is 21.9 Å². The number of rotatable bonds is 12. The van der Waals surface area contributed by atoms with Crippen molar-refractivity contribution in [2.24, 2.45) is 0 Å². The van der Waals surface area contributed by atoms with E-state index in [-0.39, 0.29) is 24.0 Å². The van der Waals surface area contributed by atoms with Crippen LogP contribution >= 0.6 is 0 Å². The number of sulfonamides is 1. The Kier molecular flexibility index (Phi) is 9.15. The number of methoxy groups -OCH3 is 3. The van der Waals surface area contributed by atoms with Gasteiger partial charge in [0, 0.05) is 31.1 Å². The van der Waals surface area contributed by atoms with Crippen molar-refractivity contribution in [2.75, 3.05) is 46.3 Å². The molecule has 0 aliphatic rings. The molecule has 0 bridgehead atoms. The van der Waals surface area contributed by atoms with Gasteiger partial charge in [-0.05, 0) is 72.8 Å². The van der Waals surface area contributed by atoms with Crippen LogP contribution in [0.5, 0.6) is 11.5 Å². The molecule has 0 fully saturated rings. The van der Waals surface area contributed by atoms with Gasteiger partial charge in [-0.1, -0.05) is 0 Å². The fourth-order valence-electron chi connectivity index (χ4n) is 3.87. The van der Waals surface area contributed by atoms with Crippen LogP contribution in [-0.2, 0) is 19.6 Å². The summed E-state index contributed by atoms with van der Waals surface area (Å²) in [5, 5.41) is 2.71. The minimum atomic E-state index is -4.04. The fraction of sp³-hybridized carbons (Fsp3) is 0.214. The number of nitrogens with zero attached hydrogens (tertiary/aromatic N) is 3. The van der Waals surface area contributed by atoms with Gasteiger partial charge in [-0.25, -0.2) is 17.8 Å².